The SMILES string of the molecule is CCCCCC(=O)C1(CCC)CCNCC1. The quantitative estimate of drug-likeness (QED) is 0.674. The largest absolute Gasteiger partial charge is 0.317 e. The second-order valence-corrected chi connectivity index (χ2v) is 5.16. The van der Waals surface area contributed by atoms with Crippen molar-refractivity contribution in [3.8, 4) is 0 Å². The van der Waals surface area contributed by atoms with E-state index in [0.29, 0.717) is 5.78 Å². The highest BCUT2D eigenvalue weighted by Crippen LogP contribution is 2.36. The molecule has 0 saturated carbocycles. The lowest BCUT2D eigenvalue weighted by atomic mass is 9.71. The Morgan fingerprint density at radius 3 is 2.38 bits per heavy atom. The maximum Gasteiger partial charge on any atom is 0.139 e. The molecule has 0 spiro atoms. The number of carbonyl (C=O) groups excluding carboxylic acids is 1. The minimum absolute atomic E-state index is 0.0355. The first-order valence-corrected chi connectivity index (χ1v) is 6.99. The zero-order valence-corrected chi connectivity index (χ0v) is 11.0. The molecule has 0 amide bonds. The van der Waals surface area contributed by atoms with Crippen molar-refractivity contribution in [3.63, 3.8) is 0 Å². The van der Waals surface area contributed by atoms with Gasteiger partial charge in [-0.05, 0) is 38.8 Å². The average Bonchev–Trinajstić information content (AvgIpc) is 2.31. The van der Waals surface area contributed by atoms with Gasteiger partial charge in [0, 0.05) is 11.8 Å². The van der Waals surface area contributed by atoms with Crippen molar-refractivity contribution in [2.24, 2.45) is 5.41 Å². The third-order valence-corrected chi connectivity index (χ3v) is 3.89. The predicted molar refractivity (Wildman–Crippen MR) is 68.6 cm³/mol. The van der Waals surface area contributed by atoms with E-state index >= 15 is 0 Å². The normalized spacial score (nSPS) is 19.6. The van der Waals surface area contributed by atoms with Crippen LogP contribution in [0.5, 0.6) is 0 Å². The van der Waals surface area contributed by atoms with Crippen molar-refractivity contribution in [1.29, 1.82) is 0 Å². The van der Waals surface area contributed by atoms with E-state index in [9.17, 15) is 4.79 Å². The van der Waals surface area contributed by atoms with Crippen LogP contribution in [0.15, 0.2) is 0 Å². The van der Waals surface area contributed by atoms with Crippen LogP contribution >= 0.6 is 0 Å². The van der Waals surface area contributed by atoms with Crippen LogP contribution in [-0.2, 0) is 4.79 Å². The molecule has 1 fully saturated rings. The van der Waals surface area contributed by atoms with E-state index in [4.69, 9.17) is 0 Å². The molecule has 16 heavy (non-hydrogen) atoms. The van der Waals surface area contributed by atoms with Crippen molar-refractivity contribution in [2.75, 3.05) is 13.1 Å². The third kappa shape index (κ3) is 3.58. The summed E-state index contributed by atoms with van der Waals surface area (Å²) >= 11 is 0. The third-order valence-electron chi connectivity index (χ3n) is 3.89. The van der Waals surface area contributed by atoms with E-state index in [1.165, 1.54) is 12.8 Å². The molecule has 0 aromatic rings. The Morgan fingerprint density at radius 2 is 1.81 bits per heavy atom. The molecule has 2 heteroatoms. The summed E-state index contributed by atoms with van der Waals surface area (Å²) in [5.74, 6) is 0.546. The standard InChI is InChI=1S/C14H27NO/c1-3-5-6-7-13(16)14(8-4-2)9-11-15-12-10-14/h15H,3-12H2,1-2H3. The van der Waals surface area contributed by atoms with Gasteiger partial charge in [-0.25, -0.2) is 0 Å². The molecule has 0 radical (unpaired) electrons. The van der Waals surface area contributed by atoms with Crippen molar-refractivity contribution in [2.45, 2.75) is 65.2 Å². The summed E-state index contributed by atoms with van der Waals surface area (Å²) < 4.78 is 0. The molecule has 0 bridgehead atoms. The van der Waals surface area contributed by atoms with Crippen molar-refractivity contribution >= 4 is 5.78 Å². The molecular formula is C14H27NO. The maximum atomic E-state index is 12.4. The summed E-state index contributed by atoms with van der Waals surface area (Å²) in [4.78, 5) is 12.4. The molecule has 1 aliphatic rings. The Kier molecular flexibility index (Phi) is 6.04. The zero-order valence-electron chi connectivity index (χ0n) is 11.0. The van der Waals surface area contributed by atoms with Gasteiger partial charge in [-0.15, -0.1) is 0 Å². The summed E-state index contributed by atoms with van der Waals surface area (Å²) in [5.41, 5.74) is 0.0355. The second-order valence-electron chi connectivity index (χ2n) is 5.16. The van der Waals surface area contributed by atoms with Gasteiger partial charge in [-0.2, -0.15) is 0 Å². The van der Waals surface area contributed by atoms with Gasteiger partial charge in [-0.3, -0.25) is 4.79 Å². The number of Topliss-reactive ketones (excluding diaryl/α,β-unsaturated/α-hetero) is 1. The van der Waals surface area contributed by atoms with Gasteiger partial charge in [0.25, 0.3) is 0 Å². The number of unbranched alkanes of at least 4 members (excludes halogenated alkanes) is 2. The molecule has 0 aliphatic carbocycles. The molecule has 1 aliphatic heterocycles. The van der Waals surface area contributed by atoms with Crippen LogP contribution in [0, 0.1) is 5.41 Å². The average molecular weight is 225 g/mol. The molecule has 1 N–H and O–H groups in total. The Bertz CT molecular complexity index is 201. The van der Waals surface area contributed by atoms with Crippen LogP contribution in [0.3, 0.4) is 0 Å². The summed E-state index contributed by atoms with van der Waals surface area (Å²) in [5, 5.41) is 3.37. The molecule has 1 saturated heterocycles. The lowest BCUT2D eigenvalue weighted by molar-refractivity contribution is -0.131. The minimum Gasteiger partial charge on any atom is -0.317 e. The monoisotopic (exact) mass is 225 g/mol. The summed E-state index contributed by atoms with van der Waals surface area (Å²) in [7, 11) is 0. The number of hydrogen-bond donors (Lipinski definition) is 1. The number of piperidine rings is 1. The van der Waals surface area contributed by atoms with Gasteiger partial charge in [0.2, 0.25) is 0 Å². The number of hydrogen-bond acceptors (Lipinski definition) is 2. The van der Waals surface area contributed by atoms with Crippen LogP contribution in [0.25, 0.3) is 0 Å². The van der Waals surface area contributed by atoms with Crippen LogP contribution in [0.4, 0.5) is 0 Å². The number of ketones is 1. The van der Waals surface area contributed by atoms with Crippen molar-refractivity contribution < 1.29 is 4.79 Å². The van der Waals surface area contributed by atoms with Gasteiger partial charge in [-0.1, -0.05) is 33.1 Å². The van der Waals surface area contributed by atoms with E-state index in [1.807, 2.05) is 0 Å². The molecule has 94 valence electrons. The summed E-state index contributed by atoms with van der Waals surface area (Å²) in [6, 6.07) is 0. The highest BCUT2D eigenvalue weighted by molar-refractivity contribution is 5.84. The lowest BCUT2D eigenvalue weighted by Gasteiger charge is -2.36. The molecule has 2 nitrogen and oxygen atoms in total. The van der Waals surface area contributed by atoms with E-state index in [2.05, 4.69) is 19.2 Å². The van der Waals surface area contributed by atoms with Crippen LogP contribution < -0.4 is 5.32 Å². The first-order valence-electron chi connectivity index (χ1n) is 6.99. The smallest absolute Gasteiger partial charge is 0.139 e. The molecule has 1 heterocycles. The van der Waals surface area contributed by atoms with E-state index in [-0.39, 0.29) is 5.41 Å². The zero-order chi connectivity index (χ0) is 11.9. The van der Waals surface area contributed by atoms with E-state index in [1.54, 1.807) is 0 Å². The Morgan fingerprint density at radius 1 is 1.12 bits per heavy atom. The predicted octanol–water partition coefficient (Wildman–Crippen LogP) is 3.31. The fourth-order valence-electron chi connectivity index (χ4n) is 2.85. The first kappa shape index (κ1) is 13.7. The van der Waals surface area contributed by atoms with E-state index < -0.39 is 0 Å². The number of rotatable bonds is 7. The number of carbonyl (C=O) groups is 1. The Hall–Kier alpha value is -0.370. The maximum absolute atomic E-state index is 12.4. The van der Waals surface area contributed by atoms with Crippen molar-refractivity contribution in [1.82, 2.24) is 5.32 Å². The second kappa shape index (κ2) is 7.05. The minimum atomic E-state index is 0.0355. The van der Waals surface area contributed by atoms with Gasteiger partial charge in [0.1, 0.15) is 5.78 Å². The van der Waals surface area contributed by atoms with Crippen molar-refractivity contribution in [3.05, 3.63) is 0 Å². The van der Waals surface area contributed by atoms with Crippen LogP contribution in [-0.4, -0.2) is 18.9 Å². The van der Waals surface area contributed by atoms with E-state index in [0.717, 1.165) is 51.6 Å². The Balaban J connectivity index is 2.50. The van der Waals surface area contributed by atoms with Crippen LogP contribution in [0.2, 0.25) is 0 Å². The van der Waals surface area contributed by atoms with Gasteiger partial charge in [0.15, 0.2) is 0 Å². The molecular weight excluding hydrogens is 198 g/mol. The van der Waals surface area contributed by atoms with Gasteiger partial charge >= 0.3 is 0 Å². The number of nitrogens with one attached hydrogen (secondary N) is 1. The van der Waals surface area contributed by atoms with Gasteiger partial charge < -0.3 is 5.32 Å². The van der Waals surface area contributed by atoms with Gasteiger partial charge in [0.05, 0.1) is 0 Å². The highest BCUT2D eigenvalue weighted by atomic mass is 16.1. The topological polar surface area (TPSA) is 29.1 Å². The summed E-state index contributed by atoms with van der Waals surface area (Å²) in [6.45, 7) is 6.44. The molecule has 0 aromatic heterocycles. The Labute approximate surface area is 100 Å². The van der Waals surface area contributed by atoms with Crippen LogP contribution in [0.1, 0.15) is 65.2 Å². The molecule has 1 rings (SSSR count). The fraction of sp³-hybridized carbons (Fsp3) is 0.929. The lowest BCUT2D eigenvalue weighted by Crippen LogP contribution is -2.42. The molecule has 0 atom stereocenters. The first-order chi connectivity index (χ1) is 7.75. The fourth-order valence-corrected chi connectivity index (χ4v) is 2.85. The summed E-state index contributed by atoms with van der Waals surface area (Å²) in [6.07, 6.45) is 8.67. The highest BCUT2D eigenvalue weighted by Gasteiger charge is 2.37. The molecule has 0 unspecified atom stereocenters. The molecule has 0 aromatic carbocycles.